The van der Waals surface area contributed by atoms with E-state index in [9.17, 15) is 14.9 Å². The molecule has 1 fully saturated rings. The monoisotopic (exact) mass is 413 g/mol. The van der Waals surface area contributed by atoms with Gasteiger partial charge in [-0.15, -0.1) is 0 Å². The summed E-state index contributed by atoms with van der Waals surface area (Å²) < 4.78 is 11.5. The van der Waals surface area contributed by atoms with Crippen molar-refractivity contribution in [3.63, 3.8) is 0 Å². The number of para-hydroxylation sites is 1. The van der Waals surface area contributed by atoms with E-state index in [0.29, 0.717) is 40.2 Å². The van der Waals surface area contributed by atoms with Crippen LogP contribution in [0.2, 0.25) is 0 Å². The molecule has 1 saturated heterocycles. The van der Waals surface area contributed by atoms with Crippen LogP contribution in [-0.4, -0.2) is 46.2 Å². The predicted molar refractivity (Wildman–Crippen MR) is 110 cm³/mol. The zero-order valence-corrected chi connectivity index (χ0v) is 16.7. The van der Waals surface area contributed by atoms with Crippen LogP contribution in [0.25, 0.3) is 17.4 Å². The molecular weight excluding hydrogens is 394 g/mol. The molecule has 0 unspecified atom stereocenters. The molecule has 4 rings (SSSR count). The first-order chi connectivity index (χ1) is 13.9. The summed E-state index contributed by atoms with van der Waals surface area (Å²) >= 11 is 1.30. The van der Waals surface area contributed by atoms with Gasteiger partial charge in [-0.2, -0.15) is 4.99 Å². The number of carbonyl (C=O) groups excluding carboxylic acids is 1. The van der Waals surface area contributed by atoms with Crippen molar-refractivity contribution in [2.75, 3.05) is 13.1 Å². The van der Waals surface area contributed by atoms with Crippen LogP contribution >= 0.6 is 11.8 Å². The normalized spacial score (nSPS) is 23.5. The van der Waals surface area contributed by atoms with Crippen molar-refractivity contribution in [3.05, 3.63) is 57.2 Å². The van der Waals surface area contributed by atoms with Crippen LogP contribution in [0.1, 0.15) is 19.6 Å². The van der Waals surface area contributed by atoms with Gasteiger partial charge in [-0.1, -0.05) is 12.1 Å². The average Bonchev–Trinajstić information content (AvgIpc) is 3.28. The first kappa shape index (κ1) is 19.4. The third-order valence-corrected chi connectivity index (χ3v) is 5.61. The van der Waals surface area contributed by atoms with E-state index in [1.165, 1.54) is 17.8 Å². The minimum atomic E-state index is -0.448. The molecule has 8 nitrogen and oxygen atoms in total. The van der Waals surface area contributed by atoms with Gasteiger partial charge in [-0.05, 0) is 43.8 Å². The molecule has 1 amide bonds. The van der Waals surface area contributed by atoms with E-state index >= 15 is 0 Å². The largest absolute Gasteiger partial charge is 0.456 e. The summed E-state index contributed by atoms with van der Waals surface area (Å²) in [6, 6.07) is 9.72. The quantitative estimate of drug-likeness (QED) is 0.427. The second-order valence-electron chi connectivity index (χ2n) is 6.95. The zero-order chi connectivity index (χ0) is 20.5. The minimum absolute atomic E-state index is 0.0338. The fourth-order valence-electron chi connectivity index (χ4n) is 3.41. The number of nitrogens with zero attached hydrogens (tertiary/aromatic N) is 3. The number of amidine groups is 1. The van der Waals surface area contributed by atoms with Crippen LogP contribution in [0, 0.1) is 10.1 Å². The van der Waals surface area contributed by atoms with E-state index in [2.05, 4.69) is 9.89 Å². The Balaban J connectivity index is 1.53. The van der Waals surface area contributed by atoms with Gasteiger partial charge in [0.15, 0.2) is 5.17 Å². The molecule has 0 aliphatic carbocycles. The molecule has 150 valence electrons. The Morgan fingerprint density at radius 2 is 1.93 bits per heavy atom. The van der Waals surface area contributed by atoms with Gasteiger partial charge in [0, 0.05) is 25.2 Å². The number of nitro benzene ring substituents is 1. The third kappa shape index (κ3) is 4.10. The van der Waals surface area contributed by atoms with Crippen molar-refractivity contribution in [3.8, 4) is 11.3 Å². The number of ether oxygens (including phenoxy) is 1. The lowest BCUT2D eigenvalue weighted by molar-refractivity contribution is -0.384. The summed E-state index contributed by atoms with van der Waals surface area (Å²) in [4.78, 5) is 29.8. The van der Waals surface area contributed by atoms with Crippen molar-refractivity contribution in [2.24, 2.45) is 4.99 Å². The maximum Gasteiger partial charge on any atom is 0.286 e. The number of furan rings is 1. The van der Waals surface area contributed by atoms with Gasteiger partial charge in [0.25, 0.3) is 11.6 Å². The Labute approximate surface area is 171 Å². The lowest BCUT2D eigenvalue weighted by atomic mass is 10.1. The SMILES string of the molecule is C[C@@H]1CN(C2=NC(=O)/C(=C/c3ccc(-c4ccccc4[N+](=O)[O-])o3)S2)C[C@H](C)O1. The maximum atomic E-state index is 12.3. The van der Waals surface area contributed by atoms with Crippen molar-refractivity contribution in [1.82, 2.24) is 4.90 Å². The molecule has 0 bridgehead atoms. The van der Waals surface area contributed by atoms with Crippen molar-refractivity contribution in [2.45, 2.75) is 26.1 Å². The molecule has 1 aromatic carbocycles. The van der Waals surface area contributed by atoms with Gasteiger partial charge in [0.2, 0.25) is 0 Å². The zero-order valence-electron chi connectivity index (χ0n) is 15.9. The Morgan fingerprint density at radius 1 is 1.21 bits per heavy atom. The predicted octanol–water partition coefficient (Wildman–Crippen LogP) is 3.93. The second kappa shape index (κ2) is 7.84. The second-order valence-corrected chi connectivity index (χ2v) is 7.96. The van der Waals surface area contributed by atoms with Crippen LogP contribution in [0.3, 0.4) is 0 Å². The number of benzene rings is 1. The molecule has 0 N–H and O–H groups in total. The summed E-state index contributed by atoms with van der Waals surface area (Å²) in [5, 5.41) is 11.9. The lowest BCUT2D eigenvalue weighted by Crippen LogP contribution is -2.47. The summed E-state index contributed by atoms with van der Waals surface area (Å²) in [6.07, 6.45) is 1.76. The number of hydrogen-bond donors (Lipinski definition) is 0. The fraction of sp³-hybridized carbons (Fsp3) is 0.300. The molecule has 3 heterocycles. The summed E-state index contributed by atoms with van der Waals surface area (Å²) in [7, 11) is 0. The highest BCUT2D eigenvalue weighted by molar-refractivity contribution is 8.18. The Bertz CT molecular complexity index is 1020. The highest BCUT2D eigenvalue weighted by Gasteiger charge is 2.31. The first-order valence-electron chi connectivity index (χ1n) is 9.17. The number of aliphatic imine (C=N–C) groups is 1. The molecule has 29 heavy (non-hydrogen) atoms. The molecule has 2 aromatic rings. The first-order valence-corrected chi connectivity index (χ1v) is 9.99. The van der Waals surface area contributed by atoms with E-state index in [0.717, 1.165) is 0 Å². The number of morpholine rings is 1. The summed E-state index contributed by atoms with van der Waals surface area (Å²) in [5.74, 6) is 0.492. The molecule has 1 aromatic heterocycles. The van der Waals surface area contributed by atoms with Crippen molar-refractivity contribution < 1.29 is 18.9 Å². The number of nitro groups is 1. The summed E-state index contributed by atoms with van der Waals surface area (Å²) in [5.41, 5.74) is 0.356. The summed E-state index contributed by atoms with van der Waals surface area (Å²) in [6.45, 7) is 5.35. The molecular formula is C20H19N3O5S. The van der Waals surface area contributed by atoms with Gasteiger partial charge in [0.05, 0.1) is 27.6 Å². The van der Waals surface area contributed by atoms with Gasteiger partial charge in [0.1, 0.15) is 11.5 Å². The number of hydrogen-bond acceptors (Lipinski definition) is 7. The molecule has 2 aliphatic rings. The highest BCUT2D eigenvalue weighted by Crippen LogP contribution is 2.34. The van der Waals surface area contributed by atoms with Crippen LogP contribution in [0.5, 0.6) is 0 Å². The molecule has 0 spiro atoms. The van der Waals surface area contributed by atoms with Crippen LogP contribution in [0.4, 0.5) is 5.69 Å². The van der Waals surface area contributed by atoms with Crippen LogP contribution < -0.4 is 0 Å². The van der Waals surface area contributed by atoms with Crippen molar-refractivity contribution in [1.29, 1.82) is 0 Å². The van der Waals surface area contributed by atoms with Crippen molar-refractivity contribution >= 4 is 34.6 Å². The van der Waals surface area contributed by atoms with E-state index in [-0.39, 0.29) is 23.8 Å². The Kier molecular flexibility index (Phi) is 5.25. The van der Waals surface area contributed by atoms with Crippen LogP contribution in [-0.2, 0) is 9.53 Å². The molecule has 2 aliphatic heterocycles. The number of thioether (sulfide) groups is 1. The smallest absolute Gasteiger partial charge is 0.286 e. The highest BCUT2D eigenvalue weighted by atomic mass is 32.2. The number of carbonyl (C=O) groups is 1. The fourth-order valence-corrected chi connectivity index (χ4v) is 4.32. The molecule has 9 heteroatoms. The van der Waals surface area contributed by atoms with Gasteiger partial charge in [-0.25, -0.2) is 0 Å². The maximum absolute atomic E-state index is 12.3. The standard InChI is InChI=1S/C20H19N3O5S/c1-12-10-22(11-13(2)27-12)20-21-19(24)18(29-20)9-14-7-8-17(28-14)15-5-3-4-6-16(15)23(25)26/h3-9,12-13H,10-11H2,1-2H3/b18-9-/t12-,13+. The Hall–Kier alpha value is -2.91. The van der Waals surface area contributed by atoms with Crippen LogP contribution in [0.15, 0.2) is 50.7 Å². The average molecular weight is 413 g/mol. The number of rotatable bonds is 3. The van der Waals surface area contributed by atoms with Gasteiger partial charge in [-0.3, -0.25) is 14.9 Å². The Morgan fingerprint density at radius 3 is 2.66 bits per heavy atom. The molecule has 0 saturated carbocycles. The van der Waals surface area contributed by atoms with E-state index in [1.54, 1.807) is 36.4 Å². The van der Waals surface area contributed by atoms with Gasteiger partial charge >= 0.3 is 0 Å². The minimum Gasteiger partial charge on any atom is -0.456 e. The van der Waals surface area contributed by atoms with E-state index in [4.69, 9.17) is 9.15 Å². The lowest BCUT2D eigenvalue weighted by Gasteiger charge is -2.35. The molecule has 0 radical (unpaired) electrons. The topological polar surface area (TPSA) is 98.2 Å². The van der Waals surface area contributed by atoms with E-state index < -0.39 is 4.92 Å². The molecule has 2 atom stereocenters. The third-order valence-electron chi connectivity index (χ3n) is 4.57. The number of amides is 1. The van der Waals surface area contributed by atoms with Gasteiger partial charge < -0.3 is 14.1 Å². The van der Waals surface area contributed by atoms with E-state index in [1.807, 2.05) is 13.8 Å².